The standard InChI is InChI=1S/C15H24N2O2S2/c1-3-4-11(2)15(19)17-10-21-9-13(17)14(18)16-12-5-7-20-8-6-12/h4,12-13H,3,5-10H2,1-2H3,(H,16,18)/b11-4-. The summed E-state index contributed by atoms with van der Waals surface area (Å²) in [6, 6.07) is -0.0223. The summed E-state index contributed by atoms with van der Waals surface area (Å²) in [5.74, 6) is 3.58. The van der Waals surface area contributed by atoms with Gasteiger partial charge in [0, 0.05) is 17.4 Å². The highest BCUT2D eigenvalue weighted by Gasteiger charge is 2.35. The van der Waals surface area contributed by atoms with Gasteiger partial charge in [0.2, 0.25) is 5.91 Å². The Morgan fingerprint density at radius 3 is 2.67 bits per heavy atom. The number of hydrogen-bond donors (Lipinski definition) is 1. The van der Waals surface area contributed by atoms with Crippen LogP contribution in [0.15, 0.2) is 11.6 Å². The Balaban J connectivity index is 1.95. The number of carbonyl (C=O) groups excluding carboxylic acids is 2. The summed E-state index contributed by atoms with van der Waals surface area (Å²) in [6.45, 7) is 3.85. The van der Waals surface area contributed by atoms with E-state index in [4.69, 9.17) is 0 Å². The molecule has 1 unspecified atom stereocenters. The van der Waals surface area contributed by atoms with Crippen LogP contribution in [0.4, 0.5) is 0 Å². The topological polar surface area (TPSA) is 49.4 Å². The van der Waals surface area contributed by atoms with Gasteiger partial charge in [-0.3, -0.25) is 9.59 Å². The third kappa shape index (κ3) is 4.42. The molecular formula is C15H24N2O2S2. The van der Waals surface area contributed by atoms with E-state index in [2.05, 4.69) is 5.32 Å². The van der Waals surface area contributed by atoms with Crippen molar-refractivity contribution in [3.63, 3.8) is 0 Å². The van der Waals surface area contributed by atoms with Gasteiger partial charge < -0.3 is 10.2 Å². The van der Waals surface area contributed by atoms with E-state index in [1.165, 1.54) is 0 Å². The van der Waals surface area contributed by atoms with E-state index in [0.717, 1.165) is 36.3 Å². The molecule has 0 aromatic carbocycles. The first-order valence-electron chi connectivity index (χ1n) is 7.57. The van der Waals surface area contributed by atoms with Crippen molar-refractivity contribution >= 4 is 35.3 Å². The minimum absolute atomic E-state index is 0.00111. The van der Waals surface area contributed by atoms with Crippen LogP contribution in [-0.2, 0) is 9.59 Å². The normalized spacial score (nSPS) is 24.2. The van der Waals surface area contributed by atoms with Crippen molar-refractivity contribution in [3.8, 4) is 0 Å². The number of carbonyl (C=O) groups is 2. The SMILES string of the molecule is CC/C=C(/C)C(=O)N1CSCC1C(=O)NC1CCSCC1. The second-order valence-electron chi connectivity index (χ2n) is 5.48. The minimum atomic E-state index is -0.308. The summed E-state index contributed by atoms with van der Waals surface area (Å²) in [5.41, 5.74) is 0.742. The molecule has 0 saturated carbocycles. The van der Waals surface area contributed by atoms with Crippen LogP contribution in [-0.4, -0.2) is 51.9 Å². The Morgan fingerprint density at radius 1 is 1.29 bits per heavy atom. The smallest absolute Gasteiger partial charge is 0.250 e. The molecular weight excluding hydrogens is 304 g/mol. The zero-order valence-electron chi connectivity index (χ0n) is 12.8. The Kier molecular flexibility index (Phi) is 6.48. The average molecular weight is 329 g/mol. The van der Waals surface area contributed by atoms with Crippen molar-refractivity contribution in [3.05, 3.63) is 11.6 Å². The number of thioether (sulfide) groups is 2. The largest absolute Gasteiger partial charge is 0.351 e. The summed E-state index contributed by atoms with van der Waals surface area (Å²) in [4.78, 5) is 26.6. The highest BCUT2D eigenvalue weighted by atomic mass is 32.2. The van der Waals surface area contributed by atoms with Gasteiger partial charge in [0.15, 0.2) is 0 Å². The molecule has 2 fully saturated rings. The van der Waals surface area contributed by atoms with Gasteiger partial charge in [-0.15, -0.1) is 11.8 Å². The minimum Gasteiger partial charge on any atom is -0.351 e. The lowest BCUT2D eigenvalue weighted by molar-refractivity contribution is -0.135. The van der Waals surface area contributed by atoms with Gasteiger partial charge >= 0.3 is 0 Å². The first-order chi connectivity index (χ1) is 10.1. The van der Waals surface area contributed by atoms with Crippen LogP contribution in [0.5, 0.6) is 0 Å². The zero-order chi connectivity index (χ0) is 15.2. The number of allylic oxidation sites excluding steroid dienone is 1. The molecule has 2 heterocycles. The van der Waals surface area contributed by atoms with E-state index in [1.807, 2.05) is 31.7 Å². The number of nitrogens with zero attached hydrogens (tertiary/aromatic N) is 1. The van der Waals surface area contributed by atoms with Crippen LogP contribution < -0.4 is 5.32 Å². The van der Waals surface area contributed by atoms with Crippen molar-refractivity contribution in [2.24, 2.45) is 0 Å². The second kappa shape index (κ2) is 8.13. The molecule has 2 rings (SSSR count). The predicted molar refractivity (Wildman–Crippen MR) is 90.5 cm³/mol. The van der Waals surface area contributed by atoms with Crippen LogP contribution >= 0.6 is 23.5 Å². The van der Waals surface area contributed by atoms with Crippen LogP contribution in [0.25, 0.3) is 0 Å². The van der Waals surface area contributed by atoms with Crippen molar-refractivity contribution in [2.45, 2.75) is 45.2 Å². The van der Waals surface area contributed by atoms with Crippen molar-refractivity contribution in [1.29, 1.82) is 0 Å². The Hall–Kier alpha value is -0.620. The first-order valence-corrected chi connectivity index (χ1v) is 9.88. The summed E-state index contributed by atoms with van der Waals surface area (Å²) >= 11 is 3.60. The van der Waals surface area contributed by atoms with Crippen molar-refractivity contribution < 1.29 is 9.59 Å². The van der Waals surface area contributed by atoms with E-state index >= 15 is 0 Å². The molecule has 2 saturated heterocycles. The number of amides is 2. The van der Waals surface area contributed by atoms with E-state index in [-0.39, 0.29) is 23.9 Å². The van der Waals surface area contributed by atoms with Gasteiger partial charge in [-0.1, -0.05) is 13.0 Å². The van der Waals surface area contributed by atoms with E-state index in [1.54, 1.807) is 16.7 Å². The molecule has 0 aliphatic carbocycles. The van der Waals surface area contributed by atoms with Crippen molar-refractivity contribution in [2.75, 3.05) is 23.1 Å². The maximum atomic E-state index is 12.5. The second-order valence-corrected chi connectivity index (χ2v) is 7.71. The fourth-order valence-electron chi connectivity index (χ4n) is 2.62. The highest BCUT2D eigenvalue weighted by molar-refractivity contribution is 7.99. The molecule has 118 valence electrons. The molecule has 0 aromatic heterocycles. The van der Waals surface area contributed by atoms with Gasteiger partial charge in [-0.25, -0.2) is 0 Å². The summed E-state index contributed by atoms with van der Waals surface area (Å²) in [7, 11) is 0. The lowest BCUT2D eigenvalue weighted by atomic mass is 10.1. The van der Waals surface area contributed by atoms with Gasteiger partial charge in [0.05, 0.1) is 5.88 Å². The predicted octanol–water partition coefficient (Wildman–Crippen LogP) is 2.26. The fourth-order valence-corrected chi connectivity index (χ4v) is 4.88. The third-order valence-electron chi connectivity index (χ3n) is 3.86. The first kappa shape index (κ1) is 16.7. The molecule has 0 aromatic rings. The number of nitrogens with one attached hydrogen (secondary N) is 1. The van der Waals surface area contributed by atoms with Gasteiger partial charge in [0.25, 0.3) is 5.91 Å². The molecule has 6 heteroatoms. The Labute approximate surface area is 135 Å². The van der Waals surface area contributed by atoms with Gasteiger partial charge in [-0.2, -0.15) is 11.8 Å². The van der Waals surface area contributed by atoms with Gasteiger partial charge in [-0.05, 0) is 37.7 Å². The van der Waals surface area contributed by atoms with Gasteiger partial charge in [0.1, 0.15) is 6.04 Å². The maximum absolute atomic E-state index is 12.5. The Morgan fingerprint density at radius 2 is 2.00 bits per heavy atom. The van der Waals surface area contributed by atoms with Crippen LogP contribution in [0.2, 0.25) is 0 Å². The summed E-state index contributed by atoms with van der Waals surface area (Å²) in [5, 5.41) is 3.14. The molecule has 1 N–H and O–H groups in total. The molecule has 0 spiro atoms. The molecule has 0 bridgehead atoms. The monoisotopic (exact) mass is 328 g/mol. The summed E-state index contributed by atoms with van der Waals surface area (Å²) in [6.07, 6.45) is 4.85. The lowest BCUT2D eigenvalue weighted by Crippen LogP contribution is -2.50. The molecule has 21 heavy (non-hydrogen) atoms. The average Bonchev–Trinajstić information content (AvgIpc) is 2.97. The number of rotatable bonds is 4. The molecule has 4 nitrogen and oxygen atoms in total. The molecule has 1 atom stereocenters. The maximum Gasteiger partial charge on any atom is 0.250 e. The van der Waals surface area contributed by atoms with Crippen molar-refractivity contribution in [1.82, 2.24) is 10.2 Å². The van der Waals surface area contributed by atoms with E-state index < -0.39 is 0 Å². The van der Waals surface area contributed by atoms with Crippen LogP contribution in [0.3, 0.4) is 0 Å². The van der Waals surface area contributed by atoms with E-state index in [9.17, 15) is 9.59 Å². The summed E-state index contributed by atoms with van der Waals surface area (Å²) < 4.78 is 0. The third-order valence-corrected chi connectivity index (χ3v) is 5.92. The van der Waals surface area contributed by atoms with Crippen LogP contribution in [0.1, 0.15) is 33.1 Å². The number of hydrogen-bond acceptors (Lipinski definition) is 4. The highest BCUT2D eigenvalue weighted by Crippen LogP contribution is 2.24. The Bertz CT molecular complexity index is 420. The van der Waals surface area contributed by atoms with E-state index in [0.29, 0.717) is 11.6 Å². The molecule has 0 radical (unpaired) electrons. The van der Waals surface area contributed by atoms with Crippen LogP contribution in [0, 0.1) is 0 Å². The zero-order valence-corrected chi connectivity index (χ0v) is 14.4. The lowest BCUT2D eigenvalue weighted by Gasteiger charge is -2.27. The molecule has 2 amide bonds. The molecule has 2 aliphatic rings. The fraction of sp³-hybridized carbons (Fsp3) is 0.733. The molecule has 2 aliphatic heterocycles. The quantitative estimate of drug-likeness (QED) is 0.804.